The number of nitrogens with zero attached hydrogens (tertiary/aromatic N) is 2. The van der Waals surface area contributed by atoms with Gasteiger partial charge in [-0.25, -0.2) is 14.2 Å². The SMILES string of the molecule is CC(C)(C)OC(=O)N1CCC(=Cc2ccc(C(=O)Nc3nc4ccccc4s3)c(F)c2)CC1. The van der Waals surface area contributed by atoms with Crippen LogP contribution in [-0.4, -0.2) is 40.6 Å². The zero-order valence-corrected chi connectivity index (χ0v) is 19.7. The summed E-state index contributed by atoms with van der Waals surface area (Å²) in [4.78, 5) is 30.8. The third kappa shape index (κ3) is 5.76. The van der Waals surface area contributed by atoms with Crippen molar-refractivity contribution in [1.29, 1.82) is 0 Å². The average Bonchev–Trinajstić information content (AvgIpc) is 3.15. The molecular formula is C25H26FN3O3S. The molecule has 0 spiro atoms. The number of benzene rings is 2. The summed E-state index contributed by atoms with van der Waals surface area (Å²) in [5.74, 6) is -1.12. The molecule has 1 aliphatic heterocycles. The molecule has 1 aliphatic rings. The van der Waals surface area contributed by atoms with Gasteiger partial charge >= 0.3 is 6.09 Å². The van der Waals surface area contributed by atoms with Gasteiger partial charge in [-0.2, -0.15) is 0 Å². The van der Waals surface area contributed by atoms with Crippen LogP contribution >= 0.6 is 11.3 Å². The highest BCUT2D eigenvalue weighted by atomic mass is 32.1. The number of amides is 2. The van der Waals surface area contributed by atoms with Gasteiger partial charge in [0, 0.05) is 13.1 Å². The standard InChI is InChI=1S/C25H26FN3O3S/c1-25(2,3)32-24(31)29-12-10-16(11-13-29)14-17-8-9-18(19(26)15-17)22(30)28-23-27-20-6-4-5-7-21(20)33-23/h4-9,14-15H,10-13H2,1-3H3,(H,27,28,30). The lowest BCUT2D eigenvalue weighted by atomic mass is 10.0. The van der Waals surface area contributed by atoms with E-state index in [1.807, 2.05) is 51.1 Å². The summed E-state index contributed by atoms with van der Waals surface area (Å²) in [5.41, 5.74) is 2.05. The van der Waals surface area contributed by atoms with E-state index in [-0.39, 0.29) is 11.7 Å². The van der Waals surface area contributed by atoms with Gasteiger partial charge < -0.3 is 9.64 Å². The Hall–Kier alpha value is -3.26. The van der Waals surface area contributed by atoms with Crippen molar-refractivity contribution in [3.8, 4) is 0 Å². The topological polar surface area (TPSA) is 71.5 Å². The van der Waals surface area contributed by atoms with Crippen molar-refractivity contribution in [2.24, 2.45) is 0 Å². The van der Waals surface area contributed by atoms with Gasteiger partial charge in [0.1, 0.15) is 11.4 Å². The summed E-state index contributed by atoms with van der Waals surface area (Å²) < 4.78 is 21.1. The number of carbonyl (C=O) groups is 2. The second-order valence-electron chi connectivity index (χ2n) is 8.95. The molecule has 8 heteroatoms. The normalized spacial score (nSPS) is 14.3. The molecule has 0 atom stereocenters. The Morgan fingerprint density at radius 1 is 1.15 bits per heavy atom. The number of halogens is 1. The van der Waals surface area contributed by atoms with E-state index in [9.17, 15) is 14.0 Å². The Labute approximate surface area is 196 Å². The van der Waals surface area contributed by atoms with Crippen LogP contribution in [0.25, 0.3) is 16.3 Å². The molecule has 1 N–H and O–H groups in total. The smallest absolute Gasteiger partial charge is 0.410 e. The van der Waals surface area contributed by atoms with E-state index in [4.69, 9.17) is 4.74 Å². The van der Waals surface area contributed by atoms with E-state index in [1.165, 1.54) is 23.5 Å². The van der Waals surface area contributed by atoms with Crippen molar-refractivity contribution in [2.45, 2.75) is 39.2 Å². The number of rotatable bonds is 3. The molecule has 172 valence electrons. The Balaban J connectivity index is 1.39. The molecule has 0 saturated carbocycles. The molecule has 0 bridgehead atoms. The maximum absolute atomic E-state index is 14.7. The minimum atomic E-state index is -0.589. The van der Waals surface area contributed by atoms with Crippen molar-refractivity contribution in [3.05, 3.63) is 65.0 Å². The highest BCUT2D eigenvalue weighted by Gasteiger charge is 2.24. The lowest BCUT2D eigenvalue weighted by Crippen LogP contribution is -2.40. The zero-order chi connectivity index (χ0) is 23.6. The third-order valence-electron chi connectivity index (χ3n) is 5.18. The molecule has 1 fully saturated rings. The fraction of sp³-hybridized carbons (Fsp3) is 0.320. The van der Waals surface area contributed by atoms with Crippen LogP contribution in [-0.2, 0) is 4.74 Å². The molecule has 33 heavy (non-hydrogen) atoms. The van der Waals surface area contributed by atoms with Crippen LogP contribution in [0.5, 0.6) is 0 Å². The summed E-state index contributed by atoms with van der Waals surface area (Å²) in [7, 11) is 0. The Morgan fingerprint density at radius 3 is 2.55 bits per heavy atom. The van der Waals surface area contributed by atoms with E-state index in [1.54, 1.807) is 11.0 Å². The van der Waals surface area contributed by atoms with Crippen molar-refractivity contribution < 1.29 is 18.7 Å². The van der Waals surface area contributed by atoms with Gasteiger partial charge in [0.2, 0.25) is 0 Å². The van der Waals surface area contributed by atoms with E-state index in [0.29, 0.717) is 36.6 Å². The lowest BCUT2D eigenvalue weighted by molar-refractivity contribution is 0.0236. The van der Waals surface area contributed by atoms with Gasteiger partial charge in [0.05, 0.1) is 15.8 Å². The van der Waals surface area contributed by atoms with Gasteiger partial charge in [-0.05, 0) is 63.4 Å². The van der Waals surface area contributed by atoms with Crippen LogP contribution in [0.15, 0.2) is 48.0 Å². The fourth-order valence-corrected chi connectivity index (χ4v) is 4.44. The van der Waals surface area contributed by atoms with Crippen LogP contribution in [0, 0.1) is 5.82 Å². The minimum absolute atomic E-state index is 0.0313. The number of anilines is 1. The fourth-order valence-electron chi connectivity index (χ4n) is 3.58. The number of aromatic nitrogens is 1. The third-order valence-corrected chi connectivity index (χ3v) is 6.13. The summed E-state index contributed by atoms with van der Waals surface area (Å²) >= 11 is 1.35. The first kappa shape index (κ1) is 22.9. The zero-order valence-electron chi connectivity index (χ0n) is 18.9. The maximum Gasteiger partial charge on any atom is 0.410 e. The van der Waals surface area contributed by atoms with Crippen LogP contribution in [0.4, 0.5) is 14.3 Å². The van der Waals surface area contributed by atoms with Crippen molar-refractivity contribution in [1.82, 2.24) is 9.88 Å². The minimum Gasteiger partial charge on any atom is -0.444 e. The van der Waals surface area contributed by atoms with E-state index in [2.05, 4.69) is 10.3 Å². The van der Waals surface area contributed by atoms with E-state index < -0.39 is 17.3 Å². The quantitative estimate of drug-likeness (QED) is 0.505. The van der Waals surface area contributed by atoms with E-state index in [0.717, 1.165) is 15.8 Å². The number of likely N-dealkylation sites (tertiary alicyclic amines) is 1. The van der Waals surface area contributed by atoms with Gasteiger partial charge in [-0.1, -0.05) is 41.2 Å². The first-order valence-corrected chi connectivity index (χ1v) is 11.6. The number of nitrogens with one attached hydrogen (secondary N) is 1. The molecule has 0 unspecified atom stereocenters. The van der Waals surface area contributed by atoms with Crippen molar-refractivity contribution in [2.75, 3.05) is 18.4 Å². The Bertz CT molecular complexity index is 1190. The number of thiazole rings is 1. The molecule has 4 rings (SSSR count). The van der Waals surface area contributed by atoms with Crippen LogP contribution < -0.4 is 5.32 Å². The lowest BCUT2D eigenvalue weighted by Gasteiger charge is -2.31. The number of hydrogen-bond donors (Lipinski definition) is 1. The van der Waals surface area contributed by atoms with Gasteiger partial charge in [0.15, 0.2) is 5.13 Å². The average molecular weight is 468 g/mol. The molecule has 0 radical (unpaired) electrons. The van der Waals surface area contributed by atoms with Crippen molar-refractivity contribution in [3.63, 3.8) is 0 Å². The predicted molar refractivity (Wildman–Crippen MR) is 129 cm³/mol. The molecule has 3 aromatic rings. The molecule has 2 amide bonds. The van der Waals surface area contributed by atoms with Crippen molar-refractivity contribution >= 4 is 44.8 Å². The first-order chi connectivity index (χ1) is 15.7. The van der Waals surface area contributed by atoms with Crippen LogP contribution in [0.1, 0.15) is 49.5 Å². The predicted octanol–water partition coefficient (Wildman–Crippen LogP) is 6.10. The Kier molecular flexibility index (Phi) is 6.47. The van der Waals surface area contributed by atoms with Gasteiger partial charge in [-0.3, -0.25) is 10.1 Å². The van der Waals surface area contributed by atoms with Gasteiger partial charge in [-0.15, -0.1) is 0 Å². The maximum atomic E-state index is 14.7. The molecule has 1 aromatic heterocycles. The highest BCUT2D eigenvalue weighted by Crippen LogP contribution is 2.26. The number of para-hydroxylation sites is 1. The highest BCUT2D eigenvalue weighted by molar-refractivity contribution is 7.22. The summed E-state index contributed by atoms with van der Waals surface area (Å²) in [5, 5.41) is 3.12. The molecule has 6 nitrogen and oxygen atoms in total. The number of hydrogen-bond acceptors (Lipinski definition) is 5. The van der Waals surface area contributed by atoms with E-state index >= 15 is 0 Å². The van der Waals surface area contributed by atoms with Gasteiger partial charge in [0.25, 0.3) is 5.91 Å². The molecule has 0 aliphatic carbocycles. The number of fused-ring (bicyclic) bond motifs is 1. The molecule has 1 saturated heterocycles. The number of piperidine rings is 1. The number of ether oxygens (including phenoxy) is 1. The molecule has 2 aromatic carbocycles. The summed E-state index contributed by atoms with van der Waals surface area (Å²) in [6.45, 7) is 6.66. The second-order valence-corrected chi connectivity index (χ2v) is 9.98. The summed E-state index contributed by atoms with van der Waals surface area (Å²) in [6.07, 6.45) is 3.00. The van der Waals surface area contributed by atoms with Crippen LogP contribution in [0.2, 0.25) is 0 Å². The Morgan fingerprint density at radius 2 is 1.88 bits per heavy atom. The number of carbonyl (C=O) groups excluding carboxylic acids is 2. The monoisotopic (exact) mass is 467 g/mol. The largest absolute Gasteiger partial charge is 0.444 e. The molecular weight excluding hydrogens is 441 g/mol. The second kappa shape index (κ2) is 9.31. The van der Waals surface area contributed by atoms with Crippen LogP contribution in [0.3, 0.4) is 0 Å². The molecule has 2 heterocycles. The summed E-state index contributed by atoms with van der Waals surface area (Å²) in [6, 6.07) is 12.1. The first-order valence-electron chi connectivity index (χ1n) is 10.8.